The summed E-state index contributed by atoms with van der Waals surface area (Å²) in [6.07, 6.45) is 4.46. The molecule has 5 rings (SSSR count). The van der Waals surface area contributed by atoms with Gasteiger partial charge in [-0.05, 0) is 53.9 Å². The van der Waals surface area contributed by atoms with E-state index in [4.69, 9.17) is 9.84 Å². The number of alkyl carbamates (subject to hydrolysis) is 1. The number of carbonyl (C=O) groups is 3. The number of benzene rings is 2. The fraction of sp³-hybridized carbons (Fsp3) is 0.464. The molecule has 2 fully saturated rings. The van der Waals surface area contributed by atoms with Gasteiger partial charge in [-0.3, -0.25) is 9.59 Å². The summed E-state index contributed by atoms with van der Waals surface area (Å²) in [6.45, 7) is 0.247. The lowest BCUT2D eigenvalue weighted by Crippen LogP contribution is -2.53. The third kappa shape index (κ3) is 5.04. The van der Waals surface area contributed by atoms with E-state index in [-0.39, 0.29) is 48.8 Å². The third-order valence-electron chi connectivity index (χ3n) is 7.80. The Hall–Kier alpha value is -3.35. The predicted molar refractivity (Wildman–Crippen MR) is 131 cm³/mol. The molecule has 35 heavy (non-hydrogen) atoms. The van der Waals surface area contributed by atoms with E-state index in [0.29, 0.717) is 12.8 Å². The van der Waals surface area contributed by atoms with Gasteiger partial charge in [0.2, 0.25) is 5.91 Å². The molecule has 3 aliphatic rings. The minimum absolute atomic E-state index is 0.00374. The van der Waals surface area contributed by atoms with Crippen molar-refractivity contribution in [3.05, 3.63) is 59.7 Å². The molecule has 0 radical (unpaired) electrons. The molecule has 2 amide bonds. The van der Waals surface area contributed by atoms with Crippen molar-refractivity contribution in [3.63, 3.8) is 0 Å². The maximum atomic E-state index is 12.9. The number of fused-ring (bicyclic) bond motifs is 3. The molecule has 2 unspecified atom stereocenters. The highest BCUT2D eigenvalue weighted by Gasteiger charge is 2.37. The van der Waals surface area contributed by atoms with Crippen LogP contribution in [0.1, 0.15) is 62.0 Å². The zero-order valence-electron chi connectivity index (χ0n) is 19.7. The van der Waals surface area contributed by atoms with Crippen molar-refractivity contribution < 1.29 is 24.2 Å². The van der Waals surface area contributed by atoms with Gasteiger partial charge < -0.3 is 20.5 Å². The highest BCUT2D eigenvalue weighted by molar-refractivity contribution is 5.81. The monoisotopic (exact) mass is 476 g/mol. The highest BCUT2D eigenvalue weighted by atomic mass is 16.5. The van der Waals surface area contributed by atoms with Gasteiger partial charge in [-0.2, -0.15) is 0 Å². The van der Waals surface area contributed by atoms with Crippen molar-refractivity contribution in [2.75, 3.05) is 6.61 Å². The van der Waals surface area contributed by atoms with E-state index in [9.17, 15) is 14.4 Å². The van der Waals surface area contributed by atoms with Crippen LogP contribution in [0.2, 0.25) is 0 Å². The molecule has 2 atom stereocenters. The Morgan fingerprint density at radius 2 is 1.51 bits per heavy atom. The second-order valence-corrected chi connectivity index (χ2v) is 10.1. The summed E-state index contributed by atoms with van der Waals surface area (Å²) in [4.78, 5) is 36.6. The number of amides is 2. The van der Waals surface area contributed by atoms with Crippen LogP contribution in [0.5, 0.6) is 0 Å². The smallest absolute Gasteiger partial charge is 0.407 e. The van der Waals surface area contributed by atoms with Crippen LogP contribution in [-0.2, 0) is 14.3 Å². The number of carboxylic acids is 1. The zero-order chi connectivity index (χ0) is 24.4. The molecule has 0 heterocycles. The average Bonchev–Trinajstić information content (AvgIpc) is 3.15. The van der Waals surface area contributed by atoms with Gasteiger partial charge in [0.05, 0.1) is 5.92 Å². The van der Waals surface area contributed by atoms with Crippen LogP contribution in [-0.4, -0.2) is 41.8 Å². The minimum Gasteiger partial charge on any atom is -0.481 e. The zero-order valence-corrected chi connectivity index (χ0v) is 19.7. The number of rotatable bonds is 7. The second-order valence-electron chi connectivity index (χ2n) is 10.1. The third-order valence-corrected chi connectivity index (χ3v) is 7.80. The molecule has 2 aromatic rings. The molecule has 0 spiro atoms. The molecule has 7 heteroatoms. The largest absolute Gasteiger partial charge is 0.481 e. The SMILES string of the molecule is O=C(O)CC1CC(NC(=O)C2CCCCC2NC(=O)OCC2c3ccccc3-c3ccccc32)C1. The van der Waals surface area contributed by atoms with Gasteiger partial charge in [-0.25, -0.2) is 4.79 Å². The fourth-order valence-corrected chi connectivity index (χ4v) is 5.98. The maximum absolute atomic E-state index is 12.9. The molecule has 7 nitrogen and oxygen atoms in total. The molecule has 3 aliphatic carbocycles. The number of hydrogen-bond acceptors (Lipinski definition) is 4. The lowest BCUT2D eigenvalue weighted by atomic mass is 9.77. The summed E-state index contributed by atoms with van der Waals surface area (Å²) in [7, 11) is 0. The van der Waals surface area contributed by atoms with Crippen LogP contribution in [0.3, 0.4) is 0 Å². The van der Waals surface area contributed by atoms with Crippen molar-refractivity contribution in [1.82, 2.24) is 10.6 Å². The second kappa shape index (κ2) is 10.1. The number of ether oxygens (including phenoxy) is 1. The van der Waals surface area contributed by atoms with E-state index in [1.807, 2.05) is 24.3 Å². The quantitative estimate of drug-likeness (QED) is 0.548. The topological polar surface area (TPSA) is 105 Å². The first-order chi connectivity index (χ1) is 17.0. The first-order valence-electron chi connectivity index (χ1n) is 12.6. The molecule has 0 bridgehead atoms. The molecule has 184 valence electrons. The highest BCUT2D eigenvalue weighted by Crippen LogP contribution is 2.44. The van der Waals surface area contributed by atoms with Crippen LogP contribution in [0.4, 0.5) is 4.79 Å². The number of carboxylic acid groups (broad SMARTS) is 1. The van der Waals surface area contributed by atoms with E-state index in [0.717, 1.165) is 36.8 Å². The van der Waals surface area contributed by atoms with Crippen molar-refractivity contribution in [2.24, 2.45) is 11.8 Å². The number of carbonyl (C=O) groups excluding carboxylic acids is 2. The molecule has 0 aromatic heterocycles. The van der Waals surface area contributed by atoms with Gasteiger partial charge in [-0.1, -0.05) is 61.4 Å². The van der Waals surface area contributed by atoms with Crippen LogP contribution < -0.4 is 10.6 Å². The standard InChI is InChI=1S/C28H32N2O5/c31-26(32)15-17-13-18(14-17)29-27(33)23-11-5-6-12-25(23)30-28(34)35-16-24-21-9-3-1-7-19(21)20-8-2-4-10-22(20)24/h1-4,7-10,17-18,23-25H,5-6,11-16H2,(H,29,33)(H,30,34)(H,31,32). The van der Waals surface area contributed by atoms with Gasteiger partial charge in [0.1, 0.15) is 6.61 Å². The van der Waals surface area contributed by atoms with Crippen LogP contribution in [0.15, 0.2) is 48.5 Å². The molecular weight excluding hydrogens is 444 g/mol. The summed E-state index contributed by atoms with van der Waals surface area (Å²) in [5, 5.41) is 14.9. The first-order valence-corrected chi connectivity index (χ1v) is 12.6. The Balaban J connectivity index is 1.16. The Bertz CT molecular complexity index is 1060. The number of hydrogen-bond donors (Lipinski definition) is 3. The van der Waals surface area contributed by atoms with Crippen molar-refractivity contribution in [3.8, 4) is 11.1 Å². The molecule has 2 aromatic carbocycles. The molecule has 0 aliphatic heterocycles. The predicted octanol–water partition coefficient (Wildman–Crippen LogP) is 4.45. The molecule has 0 saturated heterocycles. The Kier molecular flexibility index (Phi) is 6.75. The minimum atomic E-state index is -0.792. The lowest BCUT2D eigenvalue weighted by molar-refractivity contribution is -0.139. The summed E-state index contributed by atoms with van der Waals surface area (Å²) in [6, 6.07) is 16.2. The van der Waals surface area contributed by atoms with E-state index in [1.54, 1.807) is 0 Å². The summed E-state index contributed by atoms with van der Waals surface area (Å²) < 4.78 is 5.70. The van der Waals surface area contributed by atoms with Gasteiger partial charge in [0, 0.05) is 24.4 Å². The van der Waals surface area contributed by atoms with E-state index < -0.39 is 12.1 Å². The van der Waals surface area contributed by atoms with Gasteiger partial charge in [0.25, 0.3) is 0 Å². The van der Waals surface area contributed by atoms with E-state index in [2.05, 4.69) is 34.9 Å². The van der Waals surface area contributed by atoms with Crippen molar-refractivity contribution in [1.29, 1.82) is 0 Å². The Morgan fingerprint density at radius 3 is 2.17 bits per heavy atom. The van der Waals surface area contributed by atoms with Gasteiger partial charge in [0.15, 0.2) is 0 Å². The summed E-state index contributed by atoms with van der Waals surface area (Å²) in [5.74, 6) is -0.996. The number of nitrogens with one attached hydrogen (secondary N) is 2. The number of aliphatic carboxylic acids is 1. The summed E-state index contributed by atoms with van der Waals surface area (Å²) in [5.41, 5.74) is 4.70. The van der Waals surface area contributed by atoms with Crippen LogP contribution >= 0.6 is 0 Å². The van der Waals surface area contributed by atoms with Gasteiger partial charge in [-0.15, -0.1) is 0 Å². The normalized spacial score (nSPS) is 25.0. The first kappa shape index (κ1) is 23.4. The molecule has 2 saturated carbocycles. The van der Waals surface area contributed by atoms with E-state index in [1.165, 1.54) is 11.1 Å². The van der Waals surface area contributed by atoms with E-state index >= 15 is 0 Å². The summed E-state index contributed by atoms with van der Waals surface area (Å²) >= 11 is 0. The fourth-order valence-electron chi connectivity index (χ4n) is 5.98. The maximum Gasteiger partial charge on any atom is 0.407 e. The van der Waals surface area contributed by atoms with Crippen LogP contribution in [0.25, 0.3) is 11.1 Å². The lowest BCUT2D eigenvalue weighted by Gasteiger charge is -2.38. The molecule has 3 N–H and O–H groups in total. The van der Waals surface area contributed by atoms with Crippen molar-refractivity contribution >= 4 is 18.0 Å². The Morgan fingerprint density at radius 1 is 0.886 bits per heavy atom. The van der Waals surface area contributed by atoms with Crippen molar-refractivity contribution in [2.45, 2.75) is 62.9 Å². The van der Waals surface area contributed by atoms with Crippen LogP contribution in [0, 0.1) is 11.8 Å². The average molecular weight is 477 g/mol. The molecular formula is C28H32N2O5. The van der Waals surface area contributed by atoms with Gasteiger partial charge >= 0.3 is 12.1 Å². The Labute approximate surface area is 205 Å².